The van der Waals surface area contributed by atoms with E-state index in [1.165, 1.54) is 15.6 Å². The summed E-state index contributed by atoms with van der Waals surface area (Å²) in [5, 5.41) is 6.49. The molecule has 0 bridgehead atoms. The first-order valence-electron chi connectivity index (χ1n) is 7.93. The van der Waals surface area contributed by atoms with Gasteiger partial charge in [-0.15, -0.1) is 11.3 Å². The SMILES string of the molecule is O=S(=O)(c1cn(-c2ccccc2)nc1-c1cccs1)N1CCOCC1. The zero-order valence-electron chi connectivity index (χ0n) is 13.4. The molecule has 0 aliphatic carbocycles. The number of aromatic nitrogens is 2. The van der Waals surface area contributed by atoms with Gasteiger partial charge in [-0.25, -0.2) is 13.1 Å². The van der Waals surface area contributed by atoms with Crippen LogP contribution in [0.3, 0.4) is 0 Å². The second-order valence-corrected chi connectivity index (χ2v) is 8.47. The van der Waals surface area contributed by atoms with Crippen LogP contribution in [-0.4, -0.2) is 48.8 Å². The Balaban J connectivity index is 1.84. The molecule has 1 aliphatic heterocycles. The summed E-state index contributed by atoms with van der Waals surface area (Å²) in [5.41, 5.74) is 1.31. The maximum Gasteiger partial charge on any atom is 0.247 e. The summed E-state index contributed by atoms with van der Waals surface area (Å²) in [7, 11) is -3.63. The minimum atomic E-state index is -3.63. The van der Waals surface area contributed by atoms with E-state index in [9.17, 15) is 8.42 Å². The summed E-state index contributed by atoms with van der Waals surface area (Å²) in [5.74, 6) is 0. The van der Waals surface area contributed by atoms with Gasteiger partial charge in [-0.3, -0.25) is 0 Å². The molecule has 1 aliphatic rings. The third-order valence-corrected chi connectivity index (χ3v) is 6.82. The predicted molar refractivity (Wildman–Crippen MR) is 96.5 cm³/mol. The van der Waals surface area contributed by atoms with Crippen LogP contribution in [0, 0.1) is 0 Å². The van der Waals surface area contributed by atoms with Crippen molar-refractivity contribution in [1.29, 1.82) is 0 Å². The van der Waals surface area contributed by atoms with E-state index in [0.717, 1.165) is 10.6 Å². The molecule has 3 aromatic rings. The van der Waals surface area contributed by atoms with E-state index in [2.05, 4.69) is 5.10 Å². The fourth-order valence-electron chi connectivity index (χ4n) is 2.77. The van der Waals surface area contributed by atoms with Gasteiger partial charge in [-0.2, -0.15) is 9.40 Å². The van der Waals surface area contributed by atoms with Crippen molar-refractivity contribution in [2.75, 3.05) is 26.3 Å². The van der Waals surface area contributed by atoms with E-state index >= 15 is 0 Å². The molecule has 0 N–H and O–H groups in total. The standard InChI is InChI=1S/C17H17N3O3S2/c21-25(22,19-8-10-23-11-9-19)16-13-20(14-5-2-1-3-6-14)18-17(16)15-7-4-12-24-15/h1-7,12-13H,8-11H2. The van der Waals surface area contributed by atoms with Crippen LogP contribution in [0.2, 0.25) is 0 Å². The zero-order chi connectivity index (χ0) is 17.3. The number of ether oxygens (including phenoxy) is 1. The van der Waals surface area contributed by atoms with Crippen LogP contribution in [0.4, 0.5) is 0 Å². The Morgan fingerprint density at radius 2 is 1.80 bits per heavy atom. The first-order valence-corrected chi connectivity index (χ1v) is 10.2. The summed E-state index contributed by atoms with van der Waals surface area (Å²) >= 11 is 1.48. The fourth-order valence-corrected chi connectivity index (χ4v) is 5.09. The summed E-state index contributed by atoms with van der Waals surface area (Å²) in [6, 6.07) is 13.3. The van der Waals surface area contributed by atoms with Crippen molar-refractivity contribution in [3.63, 3.8) is 0 Å². The third kappa shape index (κ3) is 3.13. The molecule has 0 saturated carbocycles. The van der Waals surface area contributed by atoms with Crippen molar-refractivity contribution in [3.05, 3.63) is 54.0 Å². The third-order valence-electron chi connectivity index (χ3n) is 4.04. The van der Waals surface area contributed by atoms with E-state index in [4.69, 9.17) is 4.74 Å². The molecular formula is C17H17N3O3S2. The van der Waals surface area contributed by atoms with Crippen LogP contribution >= 0.6 is 11.3 Å². The molecule has 0 radical (unpaired) electrons. The molecule has 1 saturated heterocycles. The summed E-state index contributed by atoms with van der Waals surface area (Å²) < 4.78 is 34.7. The van der Waals surface area contributed by atoms with Gasteiger partial charge in [-0.05, 0) is 23.6 Å². The lowest BCUT2D eigenvalue weighted by atomic mass is 10.3. The molecule has 0 unspecified atom stereocenters. The molecule has 1 aromatic carbocycles. The zero-order valence-corrected chi connectivity index (χ0v) is 15.0. The van der Waals surface area contributed by atoms with Crippen LogP contribution in [0.1, 0.15) is 0 Å². The first-order chi connectivity index (χ1) is 12.2. The van der Waals surface area contributed by atoms with Crippen LogP contribution in [0.25, 0.3) is 16.3 Å². The number of para-hydroxylation sites is 1. The lowest BCUT2D eigenvalue weighted by molar-refractivity contribution is 0.0730. The van der Waals surface area contributed by atoms with Gasteiger partial charge in [0.05, 0.1) is 30.0 Å². The van der Waals surface area contributed by atoms with Crippen molar-refractivity contribution in [3.8, 4) is 16.3 Å². The van der Waals surface area contributed by atoms with E-state index in [-0.39, 0.29) is 4.90 Å². The number of sulfonamides is 1. The highest BCUT2D eigenvalue weighted by Gasteiger charge is 2.31. The minimum Gasteiger partial charge on any atom is -0.379 e. The van der Waals surface area contributed by atoms with Crippen molar-refractivity contribution in [1.82, 2.24) is 14.1 Å². The number of rotatable bonds is 4. The molecule has 25 heavy (non-hydrogen) atoms. The molecule has 6 nitrogen and oxygen atoms in total. The molecule has 1 fully saturated rings. The van der Waals surface area contributed by atoms with Crippen LogP contribution < -0.4 is 0 Å². The maximum absolute atomic E-state index is 13.2. The lowest BCUT2D eigenvalue weighted by Gasteiger charge is -2.25. The molecule has 0 atom stereocenters. The maximum atomic E-state index is 13.2. The average molecular weight is 375 g/mol. The predicted octanol–water partition coefficient (Wildman–Crippen LogP) is 2.62. The quantitative estimate of drug-likeness (QED) is 0.703. The molecule has 4 rings (SSSR count). The fraction of sp³-hybridized carbons (Fsp3) is 0.235. The van der Waals surface area contributed by atoms with Crippen molar-refractivity contribution in [2.45, 2.75) is 4.90 Å². The van der Waals surface area contributed by atoms with Crippen LogP contribution in [0.15, 0.2) is 58.9 Å². The molecular weight excluding hydrogens is 358 g/mol. The molecule has 3 heterocycles. The minimum absolute atomic E-state index is 0.237. The second-order valence-electron chi connectivity index (χ2n) is 5.62. The molecule has 0 spiro atoms. The van der Waals surface area contributed by atoms with Gasteiger partial charge in [0.2, 0.25) is 10.0 Å². The summed E-state index contributed by atoms with van der Waals surface area (Å²) in [6.45, 7) is 1.56. The molecule has 130 valence electrons. The van der Waals surface area contributed by atoms with Gasteiger partial charge in [0.1, 0.15) is 10.6 Å². The van der Waals surface area contributed by atoms with Crippen molar-refractivity contribution >= 4 is 21.4 Å². The van der Waals surface area contributed by atoms with Gasteiger partial charge < -0.3 is 4.74 Å². The van der Waals surface area contributed by atoms with Gasteiger partial charge in [-0.1, -0.05) is 24.3 Å². The Labute approximate surface area is 150 Å². The van der Waals surface area contributed by atoms with Gasteiger partial charge >= 0.3 is 0 Å². The van der Waals surface area contributed by atoms with E-state index in [1.807, 2.05) is 47.8 Å². The summed E-state index contributed by atoms with van der Waals surface area (Å²) in [4.78, 5) is 1.07. The van der Waals surface area contributed by atoms with Gasteiger partial charge in [0, 0.05) is 13.1 Å². The number of hydrogen-bond donors (Lipinski definition) is 0. The largest absolute Gasteiger partial charge is 0.379 e. The Hall–Kier alpha value is -2.00. The van der Waals surface area contributed by atoms with Crippen LogP contribution in [-0.2, 0) is 14.8 Å². The Kier molecular flexibility index (Phi) is 4.43. The highest BCUT2D eigenvalue weighted by Crippen LogP contribution is 2.32. The van der Waals surface area contributed by atoms with Gasteiger partial charge in [0.15, 0.2) is 0 Å². The molecule has 2 aromatic heterocycles. The van der Waals surface area contributed by atoms with Crippen molar-refractivity contribution < 1.29 is 13.2 Å². The molecule has 8 heteroatoms. The highest BCUT2D eigenvalue weighted by molar-refractivity contribution is 7.89. The number of morpholine rings is 1. The summed E-state index contributed by atoms with van der Waals surface area (Å²) in [6.07, 6.45) is 1.61. The van der Waals surface area contributed by atoms with E-state index in [1.54, 1.807) is 10.9 Å². The Bertz CT molecular complexity index is 944. The van der Waals surface area contributed by atoms with Crippen LogP contribution in [0.5, 0.6) is 0 Å². The normalized spacial score (nSPS) is 16.2. The van der Waals surface area contributed by atoms with E-state index < -0.39 is 10.0 Å². The Morgan fingerprint density at radius 1 is 1.04 bits per heavy atom. The number of hydrogen-bond acceptors (Lipinski definition) is 5. The van der Waals surface area contributed by atoms with Crippen molar-refractivity contribution in [2.24, 2.45) is 0 Å². The molecule has 0 amide bonds. The smallest absolute Gasteiger partial charge is 0.247 e. The lowest BCUT2D eigenvalue weighted by Crippen LogP contribution is -2.40. The average Bonchev–Trinajstić information content (AvgIpc) is 3.33. The highest BCUT2D eigenvalue weighted by atomic mass is 32.2. The second kappa shape index (κ2) is 6.72. The number of benzene rings is 1. The van der Waals surface area contributed by atoms with Gasteiger partial charge in [0.25, 0.3) is 0 Å². The first kappa shape index (κ1) is 16.5. The monoisotopic (exact) mass is 375 g/mol. The number of nitrogens with zero attached hydrogens (tertiary/aromatic N) is 3. The van der Waals surface area contributed by atoms with E-state index in [0.29, 0.717) is 32.0 Å². The topological polar surface area (TPSA) is 64.4 Å². The number of thiophene rings is 1. The Morgan fingerprint density at radius 3 is 2.48 bits per heavy atom.